The Morgan fingerprint density at radius 3 is 2.38 bits per heavy atom. The quantitative estimate of drug-likeness (QED) is 0.246. The third-order valence-corrected chi connectivity index (χ3v) is 9.71. The van der Waals surface area contributed by atoms with Crippen LogP contribution in [0.15, 0.2) is 18.2 Å². The summed E-state index contributed by atoms with van der Waals surface area (Å²) in [6.07, 6.45) is 1.47. The van der Waals surface area contributed by atoms with E-state index < -0.39 is 41.9 Å². The van der Waals surface area contributed by atoms with Crippen molar-refractivity contribution in [3.05, 3.63) is 41.0 Å². The van der Waals surface area contributed by atoms with Crippen LogP contribution < -0.4 is 15.4 Å². The number of benzene rings is 1. The summed E-state index contributed by atoms with van der Waals surface area (Å²) in [5.41, 5.74) is -0.679. The van der Waals surface area contributed by atoms with Crippen molar-refractivity contribution >= 4 is 25.1 Å². The molecule has 6 rings (SSSR count). The van der Waals surface area contributed by atoms with Crippen LogP contribution >= 0.6 is 0 Å². The number of hydrogen-bond acceptors (Lipinski definition) is 10. The number of ether oxygens (including phenoxy) is 3. The van der Waals surface area contributed by atoms with E-state index in [-0.39, 0.29) is 36.8 Å². The summed E-state index contributed by atoms with van der Waals surface area (Å²) in [6, 6.07) is 5.29. The highest BCUT2D eigenvalue weighted by atomic mass is 16.7. The number of rotatable bonds is 10. The highest BCUT2D eigenvalue weighted by Gasteiger charge is 2.68. The van der Waals surface area contributed by atoms with Gasteiger partial charge >= 0.3 is 19.2 Å². The first kappa shape index (κ1) is 35.7. The number of aromatic amines is 1. The largest absolute Gasteiger partial charge is 0.496 e. The Balaban J connectivity index is 1.34. The van der Waals surface area contributed by atoms with Gasteiger partial charge in [-0.2, -0.15) is 0 Å². The molecule has 14 heteroatoms. The molecule has 1 aromatic heterocycles. The van der Waals surface area contributed by atoms with Crippen LogP contribution in [0.2, 0.25) is 0 Å². The molecule has 5 atom stereocenters. The second-order valence-electron chi connectivity index (χ2n) is 16.0. The first-order valence-corrected chi connectivity index (χ1v) is 16.7. The molecule has 1 unspecified atom stereocenters. The topological polar surface area (TPSA) is 163 Å². The van der Waals surface area contributed by atoms with Crippen molar-refractivity contribution in [2.24, 2.45) is 17.3 Å². The van der Waals surface area contributed by atoms with Crippen LogP contribution in [0.4, 0.5) is 4.79 Å². The van der Waals surface area contributed by atoms with E-state index in [4.69, 9.17) is 23.5 Å². The Morgan fingerprint density at radius 2 is 1.73 bits per heavy atom. The highest BCUT2D eigenvalue weighted by Crippen LogP contribution is 2.65. The molecule has 3 aliphatic carbocycles. The number of carbonyl (C=O) groups excluding carboxylic acids is 3. The van der Waals surface area contributed by atoms with Crippen molar-refractivity contribution in [3.63, 3.8) is 0 Å². The number of H-pyrrole nitrogens is 1. The van der Waals surface area contributed by atoms with Crippen LogP contribution in [0.25, 0.3) is 0 Å². The van der Waals surface area contributed by atoms with E-state index in [1.165, 1.54) is 7.11 Å². The van der Waals surface area contributed by atoms with E-state index >= 15 is 0 Å². The zero-order chi connectivity index (χ0) is 35.2. The molecule has 262 valence electrons. The minimum atomic E-state index is -0.739. The van der Waals surface area contributed by atoms with Crippen molar-refractivity contribution in [2.45, 2.75) is 123 Å². The predicted octanol–water partition coefficient (Wildman–Crippen LogP) is 4.33. The van der Waals surface area contributed by atoms with E-state index in [1.807, 2.05) is 26.8 Å². The standard InChI is InChI=1S/C34H50BN5O8/c1-31(2,3)45-29(42)21-13-11-12-19(28(21)44-10)14-24(35-47-23-16-20-15-22(33(20,7)8)34(23,9)48-35)37-27(41)17-25-38-26(40-39-25)18-36-30(43)46-32(4,5)6/h11-13,20,22-24H,14-18H2,1-10H3,(H,36,43)(H,37,41)(H,38,39,40)/t20-,22-,23+,24?,34-/m0/s1. The minimum Gasteiger partial charge on any atom is -0.496 e. The van der Waals surface area contributed by atoms with E-state index in [1.54, 1.807) is 32.9 Å². The molecule has 1 aromatic carbocycles. The lowest BCUT2D eigenvalue weighted by Gasteiger charge is -2.64. The van der Waals surface area contributed by atoms with Gasteiger partial charge in [0.05, 0.1) is 37.7 Å². The molecule has 1 saturated heterocycles. The predicted molar refractivity (Wildman–Crippen MR) is 177 cm³/mol. The molecule has 4 aliphatic rings. The lowest BCUT2D eigenvalue weighted by Crippen LogP contribution is -2.65. The molecule has 2 amide bonds. The molecule has 48 heavy (non-hydrogen) atoms. The van der Waals surface area contributed by atoms with Gasteiger partial charge in [0.25, 0.3) is 0 Å². The van der Waals surface area contributed by atoms with Crippen LogP contribution in [0, 0.1) is 17.3 Å². The maximum atomic E-state index is 13.6. The van der Waals surface area contributed by atoms with Gasteiger partial charge in [0.2, 0.25) is 5.91 Å². The summed E-state index contributed by atoms with van der Waals surface area (Å²) in [6.45, 7) is 17.5. The molecule has 2 bridgehead atoms. The molecule has 0 spiro atoms. The number of esters is 1. The molecule has 2 aromatic rings. The zero-order valence-electron chi connectivity index (χ0n) is 29.8. The van der Waals surface area contributed by atoms with E-state index in [0.717, 1.165) is 12.8 Å². The number of amides is 2. The first-order chi connectivity index (χ1) is 22.3. The van der Waals surface area contributed by atoms with Crippen molar-refractivity contribution in [1.29, 1.82) is 0 Å². The molecule has 2 heterocycles. The molecule has 4 fully saturated rings. The summed E-state index contributed by atoms with van der Waals surface area (Å²) in [5, 5.41) is 13.9. The first-order valence-electron chi connectivity index (χ1n) is 16.7. The number of para-hydroxylation sites is 1. The second-order valence-corrected chi connectivity index (χ2v) is 16.0. The van der Waals surface area contributed by atoms with Crippen LogP contribution in [0.5, 0.6) is 5.75 Å². The van der Waals surface area contributed by atoms with E-state index in [0.29, 0.717) is 40.4 Å². The monoisotopic (exact) mass is 667 g/mol. The van der Waals surface area contributed by atoms with Gasteiger partial charge in [0.1, 0.15) is 34.2 Å². The summed E-state index contributed by atoms with van der Waals surface area (Å²) in [5.74, 6) is 0.514. The molecular formula is C34H50BN5O8. The summed E-state index contributed by atoms with van der Waals surface area (Å²) >= 11 is 0. The molecule has 0 radical (unpaired) electrons. The Hall–Kier alpha value is -3.65. The number of alkyl carbamates (subject to hydrolysis) is 1. The van der Waals surface area contributed by atoms with Gasteiger partial charge in [-0.3, -0.25) is 4.79 Å². The summed E-state index contributed by atoms with van der Waals surface area (Å²) in [7, 11) is 0.768. The third-order valence-electron chi connectivity index (χ3n) is 9.71. The highest BCUT2D eigenvalue weighted by molar-refractivity contribution is 6.48. The van der Waals surface area contributed by atoms with Crippen LogP contribution in [-0.4, -0.2) is 76.2 Å². The average Bonchev–Trinajstić information content (AvgIpc) is 3.56. The van der Waals surface area contributed by atoms with Gasteiger partial charge in [-0.15, -0.1) is 10.2 Å². The summed E-state index contributed by atoms with van der Waals surface area (Å²) in [4.78, 5) is 41.7. The molecule has 3 N–H and O–H groups in total. The fourth-order valence-corrected chi connectivity index (χ4v) is 7.38. The van der Waals surface area contributed by atoms with Gasteiger partial charge in [-0.25, -0.2) is 9.59 Å². The second kappa shape index (κ2) is 13.0. The van der Waals surface area contributed by atoms with E-state index in [9.17, 15) is 14.4 Å². The average molecular weight is 668 g/mol. The van der Waals surface area contributed by atoms with Gasteiger partial charge in [0.15, 0.2) is 0 Å². The van der Waals surface area contributed by atoms with Gasteiger partial charge in [0, 0.05) is 0 Å². The normalized spacial score (nSPS) is 25.0. The van der Waals surface area contributed by atoms with Gasteiger partial charge in [-0.05, 0) is 96.6 Å². The van der Waals surface area contributed by atoms with Crippen LogP contribution in [-0.2, 0) is 43.0 Å². The summed E-state index contributed by atoms with van der Waals surface area (Å²) < 4.78 is 30.0. The molecular weight excluding hydrogens is 617 g/mol. The van der Waals surface area contributed by atoms with Crippen molar-refractivity contribution in [1.82, 2.24) is 25.8 Å². The number of nitrogens with one attached hydrogen (secondary N) is 3. The molecule has 3 saturated carbocycles. The smallest absolute Gasteiger partial charge is 0.482 e. The van der Waals surface area contributed by atoms with Crippen molar-refractivity contribution in [3.8, 4) is 5.75 Å². The fraction of sp³-hybridized carbons (Fsp3) is 0.676. The third kappa shape index (κ3) is 7.64. The van der Waals surface area contributed by atoms with E-state index in [2.05, 4.69) is 46.6 Å². The van der Waals surface area contributed by atoms with Crippen molar-refractivity contribution in [2.75, 3.05) is 7.11 Å². The Kier molecular flexibility index (Phi) is 9.66. The van der Waals surface area contributed by atoms with Gasteiger partial charge < -0.3 is 39.1 Å². The number of nitrogens with zero attached hydrogens (tertiary/aromatic N) is 2. The lowest BCUT2D eigenvalue weighted by atomic mass is 9.43. The molecule has 1 aliphatic heterocycles. The maximum absolute atomic E-state index is 13.6. The minimum absolute atomic E-state index is 0.0577. The molecule has 13 nitrogen and oxygen atoms in total. The van der Waals surface area contributed by atoms with Crippen LogP contribution in [0.1, 0.15) is 103 Å². The number of aromatic nitrogens is 3. The Morgan fingerprint density at radius 1 is 1.04 bits per heavy atom. The number of carbonyl (C=O) groups is 3. The zero-order valence-corrected chi connectivity index (χ0v) is 29.8. The Bertz CT molecular complexity index is 1530. The van der Waals surface area contributed by atoms with Crippen molar-refractivity contribution < 1.29 is 37.9 Å². The fourth-order valence-electron chi connectivity index (χ4n) is 7.38. The number of hydrogen-bond donors (Lipinski definition) is 3. The maximum Gasteiger partial charge on any atom is 0.482 e. The number of methoxy groups -OCH3 is 1. The van der Waals surface area contributed by atoms with Gasteiger partial charge in [-0.1, -0.05) is 26.0 Å². The SMILES string of the molecule is COc1c(CC(NC(=O)Cc2nnc(CNC(=O)OC(C)(C)C)[nH]2)B2O[C@@H]3C[C@@H]4C[C@@H](C4(C)C)[C@]3(C)O2)cccc1C(=O)OC(C)(C)C. The lowest BCUT2D eigenvalue weighted by molar-refractivity contribution is -0.199. The van der Waals surface area contributed by atoms with Crippen LogP contribution in [0.3, 0.4) is 0 Å². The Labute approximate surface area is 283 Å².